The minimum Gasteiger partial charge on any atom is -0.343 e. The molecule has 19 heavy (non-hydrogen) atoms. The first-order valence-electron chi connectivity index (χ1n) is 6.12. The molecule has 0 saturated heterocycles. The fraction of sp³-hybridized carbons (Fsp3) is 0.286. The van der Waals surface area contributed by atoms with Crippen LogP contribution in [-0.4, -0.2) is 9.97 Å². The Morgan fingerprint density at radius 2 is 2.11 bits per heavy atom. The van der Waals surface area contributed by atoms with E-state index in [4.69, 9.17) is 23.8 Å². The molecule has 1 N–H and O–H groups in total. The molecule has 1 heterocycles. The molecular weight excluding hydrogens is 283 g/mol. The molecule has 1 fully saturated rings. The van der Waals surface area contributed by atoms with E-state index in [-0.39, 0.29) is 5.82 Å². The Kier molecular flexibility index (Phi) is 3.15. The highest BCUT2D eigenvalue weighted by Gasteiger charge is 2.26. The van der Waals surface area contributed by atoms with E-state index in [0.717, 1.165) is 29.9 Å². The first kappa shape index (κ1) is 12.8. The van der Waals surface area contributed by atoms with Gasteiger partial charge in [-0.25, -0.2) is 9.37 Å². The minimum absolute atomic E-state index is 0.356. The maximum atomic E-state index is 13.5. The second kappa shape index (κ2) is 4.69. The molecule has 0 unspecified atom stereocenters. The molecule has 2 nitrogen and oxygen atoms in total. The Morgan fingerprint density at radius 1 is 1.37 bits per heavy atom. The van der Waals surface area contributed by atoms with Crippen molar-refractivity contribution in [1.29, 1.82) is 0 Å². The number of nitrogens with one attached hydrogen (secondary N) is 1. The summed E-state index contributed by atoms with van der Waals surface area (Å²) in [7, 11) is 0. The number of hydrogen-bond donors (Lipinski definition) is 1. The molecule has 1 aromatic carbocycles. The third kappa shape index (κ3) is 2.55. The monoisotopic (exact) mass is 294 g/mol. The fourth-order valence-electron chi connectivity index (χ4n) is 2.09. The van der Waals surface area contributed by atoms with Crippen molar-refractivity contribution >= 4 is 23.8 Å². The van der Waals surface area contributed by atoms with E-state index in [1.54, 1.807) is 6.07 Å². The van der Waals surface area contributed by atoms with Gasteiger partial charge in [0, 0.05) is 22.1 Å². The first-order chi connectivity index (χ1) is 9.04. The quantitative estimate of drug-likeness (QED) is 0.807. The van der Waals surface area contributed by atoms with Crippen molar-refractivity contribution in [1.82, 2.24) is 9.97 Å². The Morgan fingerprint density at radius 3 is 2.74 bits per heavy atom. The summed E-state index contributed by atoms with van der Waals surface area (Å²) in [6, 6.07) is 4.48. The van der Waals surface area contributed by atoms with Gasteiger partial charge in [-0.2, -0.15) is 0 Å². The van der Waals surface area contributed by atoms with Crippen molar-refractivity contribution in [3.05, 3.63) is 45.1 Å². The van der Waals surface area contributed by atoms with E-state index < -0.39 is 0 Å². The number of aromatic amines is 1. The van der Waals surface area contributed by atoms with Crippen molar-refractivity contribution in [2.24, 2.45) is 0 Å². The van der Waals surface area contributed by atoms with Crippen molar-refractivity contribution in [2.75, 3.05) is 0 Å². The summed E-state index contributed by atoms with van der Waals surface area (Å²) in [5.74, 6) is 1.00. The van der Waals surface area contributed by atoms with E-state index in [1.807, 2.05) is 6.92 Å². The van der Waals surface area contributed by atoms with E-state index in [9.17, 15) is 4.39 Å². The summed E-state index contributed by atoms with van der Waals surface area (Å²) >= 11 is 11.2. The summed E-state index contributed by atoms with van der Waals surface area (Å²) in [6.45, 7) is 1.89. The number of aromatic nitrogens is 2. The summed E-state index contributed by atoms with van der Waals surface area (Å²) in [5, 5.41) is 0.374. The van der Waals surface area contributed by atoms with Crippen LogP contribution in [0.1, 0.15) is 30.1 Å². The van der Waals surface area contributed by atoms with Crippen LogP contribution in [0.2, 0.25) is 5.02 Å². The topological polar surface area (TPSA) is 28.7 Å². The van der Waals surface area contributed by atoms with Gasteiger partial charge in [0.15, 0.2) is 0 Å². The predicted octanol–water partition coefficient (Wildman–Crippen LogP) is 4.78. The number of rotatable bonds is 2. The molecule has 0 spiro atoms. The van der Waals surface area contributed by atoms with Crippen LogP contribution in [0.15, 0.2) is 18.2 Å². The molecule has 2 aromatic rings. The van der Waals surface area contributed by atoms with Crippen LogP contribution in [0.3, 0.4) is 0 Å². The Balaban J connectivity index is 2.20. The summed E-state index contributed by atoms with van der Waals surface area (Å²) in [6.07, 6.45) is 2.26. The Bertz CT molecular complexity index is 687. The number of nitrogens with zero attached hydrogens (tertiary/aromatic N) is 1. The SMILES string of the molecule is Cc1c(-c2cc(F)cc(Cl)c2)[nH]c(C2CC2)nc1=S. The van der Waals surface area contributed by atoms with Gasteiger partial charge < -0.3 is 4.98 Å². The molecule has 0 radical (unpaired) electrons. The summed E-state index contributed by atoms with van der Waals surface area (Å²) in [4.78, 5) is 7.68. The van der Waals surface area contributed by atoms with Gasteiger partial charge in [-0.1, -0.05) is 23.8 Å². The van der Waals surface area contributed by atoms with Crippen LogP contribution in [-0.2, 0) is 0 Å². The second-order valence-electron chi connectivity index (χ2n) is 4.86. The van der Waals surface area contributed by atoms with E-state index in [0.29, 0.717) is 21.1 Å². The zero-order valence-corrected chi connectivity index (χ0v) is 11.9. The van der Waals surface area contributed by atoms with Gasteiger partial charge in [0.1, 0.15) is 16.3 Å². The van der Waals surface area contributed by atoms with Crippen LogP contribution in [0, 0.1) is 17.4 Å². The van der Waals surface area contributed by atoms with Crippen LogP contribution in [0.4, 0.5) is 4.39 Å². The number of hydrogen-bond acceptors (Lipinski definition) is 2. The second-order valence-corrected chi connectivity index (χ2v) is 5.68. The van der Waals surface area contributed by atoms with Crippen LogP contribution >= 0.6 is 23.8 Å². The number of H-pyrrole nitrogens is 1. The molecule has 1 aromatic heterocycles. The lowest BCUT2D eigenvalue weighted by atomic mass is 10.1. The molecule has 0 amide bonds. The molecule has 98 valence electrons. The van der Waals surface area contributed by atoms with Gasteiger partial charge in [-0.15, -0.1) is 0 Å². The van der Waals surface area contributed by atoms with E-state index in [1.165, 1.54) is 12.1 Å². The van der Waals surface area contributed by atoms with Gasteiger partial charge in [-0.3, -0.25) is 0 Å². The molecule has 1 saturated carbocycles. The number of halogens is 2. The lowest BCUT2D eigenvalue weighted by molar-refractivity contribution is 0.628. The minimum atomic E-state index is -0.356. The largest absolute Gasteiger partial charge is 0.343 e. The maximum absolute atomic E-state index is 13.5. The van der Waals surface area contributed by atoms with Gasteiger partial charge in [-0.05, 0) is 38.0 Å². The van der Waals surface area contributed by atoms with Crippen molar-refractivity contribution in [3.63, 3.8) is 0 Å². The zero-order valence-electron chi connectivity index (χ0n) is 10.3. The fourth-order valence-corrected chi connectivity index (χ4v) is 2.51. The van der Waals surface area contributed by atoms with Gasteiger partial charge in [0.25, 0.3) is 0 Å². The predicted molar refractivity (Wildman–Crippen MR) is 76.5 cm³/mol. The third-order valence-corrected chi connectivity index (χ3v) is 3.90. The Labute approximate surface area is 120 Å². The molecule has 0 atom stereocenters. The van der Waals surface area contributed by atoms with E-state index >= 15 is 0 Å². The zero-order chi connectivity index (χ0) is 13.6. The Hall–Kier alpha value is -1.26. The molecule has 1 aliphatic carbocycles. The molecule has 1 aliphatic rings. The highest BCUT2D eigenvalue weighted by molar-refractivity contribution is 7.71. The highest BCUT2D eigenvalue weighted by Crippen LogP contribution is 2.39. The highest BCUT2D eigenvalue weighted by atomic mass is 35.5. The van der Waals surface area contributed by atoms with Crippen molar-refractivity contribution in [3.8, 4) is 11.3 Å². The van der Waals surface area contributed by atoms with E-state index in [2.05, 4.69) is 9.97 Å². The van der Waals surface area contributed by atoms with Gasteiger partial charge >= 0.3 is 0 Å². The lowest BCUT2D eigenvalue weighted by Crippen LogP contribution is -1.99. The molecule has 0 aliphatic heterocycles. The smallest absolute Gasteiger partial charge is 0.133 e. The van der Waals surface area contributed by atoms with Crippen LogP contribution in [0.5, 0.6) is 0 Å². The summed E-state index contributed by atoms with van der Waals surface area (Å²) in [5.41, 5.74) is 2.36. The molecule has 5 heteroatoms. The molecule has 0 bridgehead atoms. The van der Waals surface area contributed by atoms with Crippen molar-refractivity contribution < 1.29 is 4.39 Å². The van der Waals surface area contributed by atoms with Crippen LogP contribution in [0.25, 0.3) is 11.3 Å². The first-order valence-corrected chi connectivity index (χ1v) is 6.90. The van der Waals surface area contributed by atoms with Gasteiger partial charge in [0.05, 0.1) is 5.69 Å². The van der Waals surface area contributed by atoms with Gasteiger partial charge in [0.2, 0.25) is 0 Å². The maximum Gasteiger partial charge on any atom is 0.133 e. The third-order valence-electron chi connectivity index (χ3n) is 3.29. The van der Waals surface area contributed by atoms with Crippen LogP contribution < -0.4 is 0 Å². The average molecular weight is 295 g/mol. The molecule has 3 rings (SSSR count). The average Bonchev–Trinajstić information content (AvgIpc) is 3.15. The standard InChI is InChI=1S/C14H12ClFN2S/c1-7-12(9-4-10(15)6-11(16)5-9)17-13(8-2-3-8)18-14(7)19/h4-6,8H,2-3H2,1H3,(H,17,18,19). The normalized spacial score (nSPS) is 14.7. The lowest BCUT2D eigenvalue weighted by Gasteiger charge is -2.10. The summed E-state index contributed by atoms with van der Waals surface area (Å²) < 4.78 is 14.0. The number of benzene rings is 1. The van der Waals surface area contributed by atoms with Crippen molar-refractivity contribution in [2.45, 2.75) is 25.7 Å². The molecular formula is C14H12ClFN2S.